The zero-order valence-corrected chi connectivity index (χ0v) is 18.3. The van der Waals surface area contributed by atoms with E-state index in [0.717, 1.165) is 4.90 Å². The van der Waals surface area contributed by atoms with Gasteiger partial charge in [0.05, 0.1) is 21.9 Å². The number of hydrogen-bond donors (Lipinski definition) is 0. The van der Waals surface area contributed by atoms with Gasteiger partial charge in [-0.25, -0.2) is 14.4 Å². The maximum absolute atomic E-state index is 13.9. The first-order valence-electron chi connectivity index (χ1n) is 9.55. The third kappa shape index (κ3) is 3.33. The first-order valence-corrected chi connectivity index (χ1v) is 10.7. The van der Waals surface area contributed by atoms with Crippen molar-refractivity contribution in [1.29, 1.82) is 0 Å². The largest absolute Gasteiger partial charge is 0.273 e. The second-order valence-corrected chi connectivity index (χ2v) is 8.61. The van der Waals surface area contributed by atoms with Crippen LogP contribution in [-0.4, -0.2) is 17.9 Å². The number of hydroxylamine groups is 1. The molecule has 0 radical (unpaired) electrons. The molecule has 31 heavy (non-hydrogen) atoms. The summed E-state index contributed by atoms with van der Waals surface area (Å²) in [6.45, 7) is 0. The maximum Gasteiger partial charge on any atom is 0.266 e. The summed E-state index contributed by atoms with van der Waals surface area (Å²) in [5, 5.41) is 2.08. The molecular formula is C23H15BrClFN2O3. The van der Waals surface area contributed by atoms with Gasteiger partial charge in [-0.15, -0.1) is 0 Å². The van der Waals surface area contributed by atoms with Crippen molar-refractivity contribution in [2.75, 3.05) is 9.96 Å². The number of benzene rings is 3. The van der Waals surface area contributed by atoms with E-state index in [1.54, 1.807) is 41.5 Å². The minimum absolute atomic E-state index is 0.271. The molecular weight excluding hydrogens is 487 g/mol. The number of carbonyl (C=O) groups excluding carboxylic acids is 2. The number of rotatable bonds is 3. The van der Waals surface area contributed by atoms with Gasteiger partial charge in [0.2, 0.25) is 5.91 Å². The lowest BCUT2D eigenvalue weighted by atomic mass is 9.90. The molecule has 0 unspecified atom stereocenters. The molecule has 0 N–H and O–H groups in total. The fraction of sp³-hybridized carbons (Fsp3) is 0.130. The van der Waals surface area contributed by atoms with Crippen LogP contribution in [0.5, 0.6) is 0 Å². The SMILES string of the molecule is O=C1[C@H]2[C@H](ON(c3ccccc3)[C@H]2c2ccc(F)c(Br)c2)C(=O)N1c1ccc(Cl)cc1. The van der Waals surface area contributed by atoms with Crippen molar-refractivity contribution in [2.24, 2.45) is 5.92 Å². The summed E-state index contributed by atoms with van der Waals surface area (Å²) in [5.41, 5.74) is 1.78. The summed E-state index contributed by atoms with van der Waals surface area (Å²) in [5.74, 6) is -2.02. The predicted octanol–water partition coefficient (Wildman–Crippen LogP) is 5.29. The van der Waals surface area contributed by atoms with E-state index in [9.17, 15) is 14.0 Å². The third-order valence-corrected chi connectivity index (χ3v) is 6.36. The van der Waals surface area contributed by atoms with E-state index in [1.165, 1.54) is 6.07 Å². The van der Waals surface area contributed by atoms with Gasteiger partial charge in [-0.3, -0.25) is 14.4 Å². The highest BCUT2D eigenvalue weighted by Gasteiger charge is 2.60. The Bertz CT molecular complexity index is 1180. The molecule has 2 amide bonds. The van der Waals surface area contributed by atoms with Gasteiger partial charge in [0.1, 0.15) is 11.7 Å². The van der Waals surface area contributed by atoms with Crippen molar-refractivity contribution in [3.63, 3.8) is 0 Å². The summed E-state index contributed by atoms with van der Waals surface area (Å²) >= 11 is 9.16. The van der Waals surface area contributed by atoms with Crippen LogP contribution in [0.1, 0.15) is 11.6 Å². The molecule has 8 heteroatoms. The highest BCUT2D eigenvalue weighted by molar-refractivity contribution is 9.10. The number of carbonyl (C=O) groups is 2. The van der Waals surface area contributed by atoms with Crippen LogP contribution < -0.4 is 9.96 Å². The van der Waals surface area contributed by atoms with Gasteiger partial charge >= 0.3 is 0 Å². The normalized spacial score (nSPS) is 22.9. The Morgan fingerprint density at radius 1 is 0.903 bits per heavy atom. The van der Waals surface area contributed by atoms with E-state index in [1.807, 2.05) is 30.3 Å². The summed E-state index contributed by atoms with van der Waals surface area (Å²) in [6, 6.07) is 19.6. The molecule has 0 bridgehead atoms. The van der Waals surface area contributed by atoms with Gasteiger partial charge in [0, 0.05) is 5.02 Å². The number of anilines is 2. The second-order valence-electron chi connectivity index (χ2n) is 7.32. The van der Waals surface area contributed by atoms with E-state index in [-0.39, 0.29) is 10.4 Å². The van der Waals surface area contributed by atoms with Crippen molar-refractivity contribution in [3.05, 3.63) is 93.7 Å². The van der Waals surface area contributed by atoms with E-state index < -0.39 is 29.8 Å². The number of para-hydroxylation sites is 1. The molecule has 0 spiro atoms. The molecule has 3 aromatic carbocycles. The molecule has 2 aliphatic rings. The fourth-order valence-corrected chi connectivity index (χ4v) is 4.62. The minimum atomic E-state index is -0.989. The summed E-state index contributed by atoms with van der Waals surface area (Å²) in [7, 11) is 0. The average Bonchev–Trinajstić information content (AvgIpc) is 3.28. The Morgan fingerprint density at radius 2 is 1.61 bits per heavy atom. The lowest BCUT2D eigenvalue weighted by molar-refractivity contribution is -0.126. The van der Waals surface area contributed by atoms with Gasteiger partial charge in [-0.05, 0) is 70.0 Å². The Balaban J connectivity index is 1.60. The zero-order chi connectivity index (χ0) is 21.7. The van der Waals surface area contributed by atoms with Crippen LogP contribution >= 0.6 is 27.5 Å². The number of imide groups is 1. The third-order valence-electron chi connectivity index (χ3n) is 5.50. The van der Waals surface area contributed by atoms with Crippen molar-refractivity contribution in [2.45, 2.75) is 12.1 Å². The van der Waals surface area contributed by atoms with Crippen LogP contribution in [0.3, 0.4) is 0 Å². The van der Waals surface area contributed by atoms with Gasteiger partial charge in [0.25, 0.3) is 5.91 Å². The lowest BCUT2D eigenvalue weighted by Gasteiger charge is -2.29. The van der Waals surface area contributed by atoms with E-state index in [0.29, 0.717) is 22.0 Å². The summed E-state index contributed by atoms with van der Waals surface area (Å²) in [6.07, 6.45) is -0.989. The lowest BCUT2D eigenvalue weighted by Crippen LogP contribution is -2.37. The molecule has 5 rings (SSSR count). The number of halogens is 3. The van der Waals surface area contributed by atoms with Crippen LogP contribution in [-0.2, 0) is 14.4 Å². The molecule has 2 heterocycles. The quantitative estimate of drug-likeness (QED) is 0.458. The molecule has 0 saturated carbocycles. The van der Waals surface area contributed by atoms with Crippen LogP contribution in [0.4, 0.5) is 15.8 Å². The van der Waals surface area contributed by atoms with Gasteiger partial charge in [-0.1, -0.05) is 35.9 Å². The van der Waals surface area contributed by atoms with E-state index >= 15 is 0 Å². The van der Waals surface area contributed by atoms with Crippen LogP contribution in [0.15, 0.2) is 77.3 Å². The molecule has 156 valence electrons. The van der Waals surface area contributed by atoms with Gasteiger partial charge < -0.3 is 0 Å². The zero-order valence-electron chi connectivity index (χ0n) is 15.9. The average molecular weight is 502 g/mol. The van der Waals surface area contributed by atoms with Crippen LogP contribution in [0, 0.1) is 11.7 Å². The molecule has 2 saturated heterocycles. The van der Waals surface area contributed by atoms with Crippen molar-refractivity contribution in [3.8, 4) is 0 Å². The highest BCUT2D eigenvalue weighted by Crippen LogP contribution is 2.48. The Labute approximate surface area is 191 Å². The second kappa shape index (κ2) is 7.75. The monoisotopic (exact) mass is 500 g/mol. The van der Waals surface area contributed by atoms with E-state index in [4.69, 9.17) is 16.4 Å². The Kier molecular flexibility index (Phi) is 5.04. The molecule has 3 aromatic rings. The first kappa shape index (κ1) is 20.2. The molecule has 3 atom stereocenters. The van der Waals surface area contributed by atoms with Crippen LogP contribution in [0.2, 0.25) is 5.02 Å². The molecule has 2 fully saturated rings. The molecule has 2 aliphatic heterocycles. The maximum atomic E-state index is 13.9. The van der Waals surface area contributed by atoms with Crippen molar-refractivity contribution in [1.82, 2.24) is 0 Å². The molecule has 5 nitrogen and oxygen atoms in total. The smallest absolute Gasteiger partial charge is 0.266 e. The predicted molar refractivity (Wildman–Crippen MR) is 118 cm³/mol. The number of nitrogens with zero attached hydrogens (tertiary/aromatic N) is 2. The molecule has 0 aliphatic carbocycles. The molecule has 0 aromatic heterocycles. The van der Waals surface area contributed by atoms with Gasteiger partial charge in [-0.2, -0.15) is 0 Å². The number of amides is 2. The van der Waals surface area contributed by atoms with Crippen molar-refractivity contribution < 1.29 is 18.8 Å². The Morgan fingerprint density at radius 3 is 2.29 bits per heavy atom. The topological polar surface area (TPSA) is 49.9 Å². The fourth-order valence-electron chi connectivity index (χ4n) is 4.09. The number of hydrogen-bond acceptors (Lipinski definition) is 4. The first-order chi connectivity index (χ1) is 15.0. The minimum Gasteiger partial charge on any atom is -0.273 e. The van der Waals surface area contributed by atoms with Crippen LogP contribution in [0.25, 0.3) is 0 Å². The summed E-state index contributed by atoms with van der Waals surface area (Å²) < 4.78 is 14.2. The summed E-state index contributed by atoms with van der Waals surface area (Å²) in [4.78, 5) is 33.9. The number of fused-ring (bicyclic) bond motifs is 1. The standard InChI is InChI=1S/C23H15BrClFN2O3/c24-17-12-13(6-11-18(17)26)20-19-21(31-28(20)16-4-2-1-3-5-16)23(30)27(22(19)29)15-9-7-14(25)8-10-15/h1-12,19-21H/t19-,20+,21+/m1/s1. The highest BCUT2D eigenvalue weighted by atomic mass is 79.9. The van der Waals surface area contributed by atoms with Crippen molar-refractivity contribution >= 4 is 50.7 Å². The van der Waals surface area contributed by atoms with Gasteiger partial charge in [0.15, 0.2) is 6.10 Å². The Hall–Kier alpha value is -2.74. The van der Waals surface area contributed by atoms with E-state index in [2.05, 4.69) is 15.9 Å².